The molecule has 0 saturated carbocycles. The molecular weight excluding hydrogens is 304 g/mol. The zero-order valence-corrected chi connectivity index (χ0v) is 14.2. The molecule has 0 spiro atoms. The van der Waals surface area contributed by atoms with Crippen LogP contribution in [0.2, 0.25) is 0 Å². The van der Waals surface area contributed by atoms with Gasteiger partial charge in [0, 0.05) is 24.8 Å². The van der Waals surface area contributed by atoms with Crippen molar-refractivity contribution < 1.29 is 9.59 Å². The van der Waals surface area contributed by atoms with Gasteiger partial charge in [0.25, 0.3) is 0 Å². The van der Waals surface area contributed by atoms with E-state index in [4.69, 9.17) is 0 Å². The van der Waals surface area contributed by atoms with Crippen molar-refractivity contribution >= 4 is 17.5 Å². The zero-order valence-electron chi connectivity index (χ0n) is 14.2. The topological polar surface area (TPSA) is 67.2 Å². The number of benzene rings is 1. The average molecular weight is 326 g/mol. The van der Waals surface area contributed by atoms with Gasteiger partial charge in [0.05, 0.1) is 12.2 Å². The van der Waals surface area contributed by atoms with Gasteiger partial charge in [0.15, 0.2) is 0 Å². The van der Waals surface area contributed by atoms with Crippen LogP contribution < -0.4 is 5.32 Å². The molecule has 6 nitrogen and oxygen atoms in total. The van der Waals surface area contributed by atoms with Gasteiger partial charge in [-0.25, -0.2) is 0 Å². The van der Waals surface area contributed by atoms with Crippen LogP contribution in [0.5, 0.6) is 0 Å². The van der Waals surface area contributed by atoms with Gasteiger partial charge in [-0.1, -0.05) is 12.1 Å². The van der Waals surface area contributed by atoms with Crippen molar-refractivity contribution in [1.29, 1.82) is 0 Å². The molecule has 24 heavy (non-hydrogen) atoms. The fourth-order valence-electron chi connectivity index (χ4n) is 3.09. The maximum absolute atomic E-state index is 12.4. The molecule has 0 radical (unpaired) electrons. The molecule has 1 N–H and O–H groups in total. The third-order valence-corrected chi connectivity index (χ3v) is 4.43. The number of rotatable bonds is 4. The highest BCUT2D eigenvalue weighted by atomic mass is 16.2. The van der Waals surface area contributed by atoms with E-state index in [1.807, 2.05) is 48.9 Å². The predicted molar refractivity (Wildman–Crippen MR) is 91.7 cm³/mol. The minimum Gasteiger partial charge on any atom is -0.334 e. The molecule has 2 amide bonds. The van der Waals surface area contributed by atoms with Gasteiger partial charge >= 0.3 is 0 Å². The van der Waals surface area contributed by atoms with Crippen molar-refractivity contribution in [2.75, 3.05) is 12.4 Å². The van der Waals surface area contributed by atoms with E-state index >= 15 is 0 Å². The highest BCUT2D eigenvalue weighted by Crippen LogP contribution is 2.19. The molecule has 6 heteroatoms. The maximum Gasteiger partial charge on any atom is 0.247 e. The Morgan fingerprint density at radius 2 is 2.12 bits per heavy atom. The SMILES string of the molecule is Cc1cc(C)n(Cc2cccc(NC(=O)C3CCC(=O)N3C)c2)n1. The first-order valence-electron chi connectivity index (χ1n) is 8.10. The summed E-state index contributed by atoms with van der Waals surface area (Å²) in [5.74, 6) is -0.111. The lowest BCUT2D eigenvalue weighted by molar-refractivity contribution is -0.131. The van der Waals surface area contributed by atoms with Crippen LogP contribution >= 0.6 is 0 Å². The van der Waals surface area contributed by atoms with Crippen LogP contribution in [0.1, 0.15) is 29.8 Å². The van der Waals surface area contributed by atoms with Crippen molar-refractivity contribution in [3.05, 3.63) is 47.3 Å². The molecule has 1 aromatic heterocycles. The number of nitrogens with one attached hydrogen (secondary N) is 1. The Kier molecular flexibility index (Phi) is 4.38. The molecule has 1 saturated heterocycles. The molecule has 126 valence electrons. The van der Waals surface area contributed by atoms with Gasteiger partial charge in [-0.05, 0) is 44.0 Å². The number of nitrogens with zero attached hydrogens (tertiary/aromatic N) is 3. The summed E-state index contributed by atoms with van der Waals surface area (Å²) in [6, 6.07) is 9.40. The monoisotopic (exact) mass is 326 g/mol. The summed E-state index contributed by atoms with van der Waals surface area (Å²) in [7, 11) is 1.68. The number of carbonyl (C=O) groups is 2. The number of likely N-dealkylation sites (tertiary alicyclic amines) is 1. The predicted octanol–water partition coefficient (Wildman–Crippen LogP) is 2.11. The second kappa shape index (κ2) is 6.47. The minimum absolute atomic E-state index is 0.0217. The lowest BCUT2D eigenvalue weighted by Gasteiger charge is -2.19. The normalized spacial score (nSPS) is 17.4. The first-order valence-corrected chi connectivity index (χ1v) is 8.10. The number of hydrogen-bond acceptors (Lipinski definition) is 3. The second-order valence-corrected chi connectivity index (χ2v) is 6.33. The third kappa shape index (κ3) is 3.32. The van der Waals surface area contributed by atoms with E-state index in [9.17, 15) is 9.59 Å². The Morgan fingerprint density at radius 1 is 1.33 bits per heavy atom. The summed E-state index contributed by atoms with van der Waals surface area (Å²) >= 11 is 0. The number of hydrogen-bond donors (Lipinski definition) is 1. The van der Waals surface area contributed by atoms with Crippen molar-refractivity contribution in [2.24, 2.45) is 0 Å². The van der Waals surface area contributed by atoms with Gasteiger partial charge in [0.2, 0.25) is 11.8 Å². The van der Waals surface area contributed by atoms with Crippen LogP contribution in [-0.2, 0) is 16.1 Å². The molecule has 2 heterocycles. The Bertz CT molecular complexity index is 781. The summed E-state index contributed by atoms with van der Waals surface area (Å²) in [4.78, 5) is 25.5. The maximum atomic E-state index is 12.4. The molecule has 0 bridgehead atoms. The van der Waals surface area contributed by atoms with Gasteiger partial charge in [-0.3, -0.25) is 14.3 Å². The van der Waals surface area contributed by atoms with Crippen LogP contribution in [0.3, 0.4) is 0 Å². The van der Waals surface area contributed by atoms with Crippen molar-refractivity contribution in [1.82, 2.24) is 14.7 Å². The van der Waals surface area contributed by atoms with Crippen LogP contribution in [0.25, 0.3) is 0 Å². The number of anilines is 1. The minimum atomic E-state index is -0.378. The highest BCUT2D eigenvalue weighted by molar-refractivity contribution is 5.98. The van der Waals surface area contributed by atoms with E-state index < -0.39 is 0 Å². The Morgan fingerprint density at radius 3 is 2.75 bits per heavy atom. The largest absolute Gasteiger partial charge is 0.334 e. The molecule has 0 aliphatic carbocycles. The average Bonchev–Trinajstić information content (AvgIpc) is 3.02. The van der Waals surface area contributed by atoms with Gasteiger partial charge < -0.3 is 10.2 Å². The van der Waals surface area contributed by atoms with E-state index in [2.05, 4.69) is 10.4 Å². The van der Waals surface area contributed by atoms with E-state index in [0.717, 1.165) is 22.6 Å². The molecule has 2 aromatic rings. The van der Waals surface area contributed by atoms with Crippen molar-refractivity contribution in [3.63, 3.8) is 0 Å². The summed E-state index contributed by atoms with van der Waals surface area (Å²) in [5, 5.41) is 7.38. The number of aromatic nitrogens is 2. The number of aryl methyl sites for hydroxylation is 2. The van der Waals surface area contributed by atoms with Crippen molar-refractivity contribution in [3.8, 4) is 0 Å². The van der Waals surface area contributed by atoms with Crippen LogP contribution in [0.15, 0.2) is 30.3 Å². The van der Waals surface area contributed by atoms with Crippen molar-refractivity contribution in [2.45, 2.75) is 39.3 Å². The van der Waals surface area contributed by atoms with E-state index in [1.54, 1.807) is 7.05 Å². The molecular formula is C18H22N4O2. The highest BCUT2D eigenvalue weighted by Gasteiger charge is 2.33. The Labute approximate surface area is 141 Å². The quantitative estimate of drug-likeness (QED) is 0.936. The lowest BCUT2D eigenvalue weighted by Crippen LogP contribution is -2.38. The smallest absolute Gasteiger partial charge is 0.247 e. The third-order valence-electron chi connectivity index (χ3n) is 4.43. The molecule has 1 aliphatic rings. The van der Waals surface area contributed by atoms with Gasteiger partial charge in [0.1, 0.15) is 6.04 Å². The summed E-state index contributed by atoms with van der Waals surface area (Å²) in [6.45, 7) is 4.66. The van der Waals surface area contributed by atoms with E-state index in [1.165, 1.54) is 4.90 Å². The number of likely N-dealkylation sites (N-methyl/N-ethyl adjacent to an activating group) is 1. The molecule has 1 aromatic carbocycles. The lowest BCUT2D eigenvalue weighted by atomic mass is 10.1. The molecule has 1 aliphatic heterocycles. The summed E-state index contributed by atoms with van der Waals surface area (Å²) < 4.78 is 1.94. The fourth-order valence-corrected chi connectivity index (χ4v) is 3.09. The van der Waals surface area contributed by atoms with Gasteiger partial charge in [-0.2, -0.15) is 5.10 Å². The number of carbonyl (C=O) groups excluding carboxylic acids is 2. The second-order valence-electron chi connectivity index (χ2n) is 6.33. The zero-order chi connectivity index (χ0) is 17.3. The first-order chi connectivity index (χ1) is 11.4. The molecule has 3 rings (SSSR count). The van der Waals surface area contributed by atoms with Crippen LogP contribution in [-0.4, -0.2) is 39.6 Å². The molecule has 1 atom stereocenters. The van der Waals surface area contributed by atoms with E-state index in [0.29, 0.717) is 19.4 Å². The van der Waals surface area contributed by atoms with E-state index in [-0.39, 0.29) is 17.9 Å². The molecule has 1 fully saturated rings. The summed E-state index contributed by atoms with van der Waals surface area (Å²) in [5.41, 5.74) is 3.90. The Balaban J connectivity index is 1.70. The van der Waals surface area contributed by atoms with Gasteiger partial charge in [-0.15, -0.1) is 0 Å². The Hall–Kier alpha value is -2.63. The number of amides is 2. The first kappa shape index (κ1) is 16.2. The standard InChI is InChI=1S/C18H22N4O2/c1-12-9-13(2)22(20-12)11-14-5-4-6-15(10-14)19-18(24)16-7-8-17(23)21(16)3/h4-6,9-10,16H,7-8,11H2,1-3H3,(H,19,24). The van der Waals surface area contributed by atoms with Crippen LogP contribution in [0, 0.1) is 13.8 Å². The fraction of sp³-hybridized carbons (Fsp3) is 0.389. The van der Waals surface area contributed by atoms with Crippen LogP contribution in [0.4, 0.5) is 5.69 Å². The summed E-state index contributed by atoms with van der Waals surface area (Å²) in [6.07, 6.45) is 1.01. The molecule has 1 unspecified atom stereocenters.